The van der Waals surface area contributed by atoms with E-state index in [4.69, 9.17) is 4.74 Å². The molecule has 4 nitrogen and oxygen atoms in total. The first-order chi connectivity index (χ1) is 12.2. The van der Waals surface area contributed by atoms with Crippen molar-refractivity contribution in [1.29, 1.82) is 0 Å². The quantitative estimate of drug-likeness (QED) is 0.474. The van der Waals surface area contributed by atoms with Crippen LogP contribution in [0, 0.1) is 0 Å². The number of nitrogens with zero attached hydrogens (tertiary/aromatic N) is 1. The Morgan fingerprint density at radius 1 is 0.880 bits per heavy atom. The maximum Gasteiger partial charge on any atom is 0.199 e. The van der Waals surface area contributed by atoms with Gasteiger partial charge in [-0.1, -0.05) is 36.4 Å². The highest BCUT2D eigenvalue weighted by molar-refractivity contribution is 6.29. The molecule has 1 aliphatic carbocycles. The molecular weight excluding hydrogens is 314 g/mol. The lowest BCUT2D eigenvalue weighted by Crippen LogP contribution is -2.22. The maximum absolute atomic E-state index is 13.1. The molecule has 5 rings (SSSR count). The monoisotopic (exact) mass is 329 g/mol. The Bertz CT molecular complexity index is 1070. The van der Waals surface area contributed by atoms with Crippen molar-refractivity contribution in [2.45, 2.75) is 13.0 Å². The van der Waals surface area contributed by atoms with Crippen LogP contribution in [-0.2, 0) is 13.0 Å². The van der Waals surface area contributed by atoms with Gasteiger partial charge < -0.3 is 9.30 Å². The van der Waals surface area contributed by atoms with Crippen molar-refractivity contribution in [1.82, 2.24) is 4.57 Å². The second-order valence-corrected chi connectivity index (χ2v) is 6.48. The second kappa shape index (κ2) is 4.93. The summed E-state index contributed by atoms with van der Waals surface area (Å²) in [6.07, 6.45) is 2.50. The van der Waals surface area contributed by atoms with Crippen LogP contribution >= 0.6 is 0 Å². The van der Waals surface area contributed by atoms with Crippen LogP contribution in [0.4, 0.5) is 0 Å². The van der Waals surface area contributed by atoms with Crippen molar-refractivity contribution >= 4 is 11.6 Å². The van der Waals surface area contributed by atoms with Crippen LogP contribution < -0.4 is 4.74 Å². The lowest BCUT2D eigenvalue weighted by Gasteiger charge is -2.21. The van der Waals surface area contributed by atoms with Crippen LogP contribution in [0.25, 0.3) is 0 Å². The van der Waals surface area contributed by atoms with Crippen molar-refractivity contribution in [3.63, 3.8) is 0 Å². The first-order valence-corrected chi connectivity index (χ1v) is 8.24. The van der Waals surface area contributed by atoms with E-state index in [1.54, 1.807) is 18.2 Å². The smallest absolute Gasteiger partial charge is 0.199 e. The normalized spacial score (nSPS) is 14.4. The van der Waals surface area contributed by atoms with Gasteiger partial charge in [-0.25, -0.2) is 0 Å². The molecule has 1 aliphatic heterocycles. The summed E-state index contributed by atoms with van der Waals surface area (Å²) in [6, 6.07) is 13.4. The molecule has 1 aromatic heterocycles. The lowest BCUT2D eigenvalue weighted by atomic mass is 9.83. The molecule has 122 valence electrons. The minimum absolute atomic E-state index is 0.0865. The van der Waals surface area contributed by atoms with Gasteiger partial charge in [0.2, 0.25) is 0 Å². The largest absolute Gasteiger partial charge is 0.496 e. The van der Waals surface area contributed by atoms with Gasteiger partial charge in [0.05, 0.1) is 23.8 Å². The van der Waals surface area contributed by atoms with E-state index < -0.39 is 0 Å². The van der Waals surface area contributed by atoms with Gasteiger partial charge >= 0.3 is 0 Å². The van der Waals surface area contributed by atoms with Crippen molar-refractivity contribution in [3.05, 3.63) is 87.7 Å². The van der Waals surface area contributed by atoms with Gasteiger partial charge in [-0.15, -0.1) is 0 Å². The number of hydrogen-bond donors (Lipinski definition) is 0. The molecule has 25 heavy (non-hydrogen) atoms. The topological polar surface area (TPSA) is 48.3 Å². The Labute approximate surface area is 144 Å². The zero-order valence-electron chi connectivity index (χ0n) is 13.7. The summed E-state index contributed by atoms with van der Waals surface area (Å²) in [7, 11) is 1.52. The Morgan fingerprint density at radius 2 is 1.64 bits per heavy atom. The molecule has 0 N–H and O–H groups in total. The van der Waals surface area contributed by atoms with E-state index in [0.29, 0.717) is 41.0 Å². The fourth-order valence-corrected chi connectivity index (χ4v) is 4.00. The average Bonchev–Trinajstić information content (AvgIpc) is 3.02. The number of hydrogen-bond acceptors (Lipinski definition) is 3. The van der Waals surface area contributed by atoms with Crippen LogP contribution in [-0.4, -0.2) is 23.2 Å². The molecular formula is C21H15NO3. The zero-order chi connectivity index (χ0) is 17.1. The molecule has 3 aromatic rings. The number of ether oxygens (including phenoxy) is 1. The summed E-state index contributed by atoms with van der Waals surface area (Å²) in [5.41, 5.74) is 5.24. The Balaban J connectivity index is 1.73. The van der Waals surface area contributed by atoms with Crippen molar-refractivity contribution < 1.29 is 14.3 Å². The maximum atomic E-state index is 13.1. The fourth-order valence-electron chi connectivity index (χ4n) is 4.00. The molecule has 2 heterocycles. The van der Waals surface area contributed by atoms with E-state index >= 15 is 0 Å². The van der Waals surface area contributed by atoms with E-state index in [1.165, 1.54) is 18.2 Å². The van der Waals surface area contributed by atoms with E-state index in [9.17, 15) is 9.59 Å². The number of methoxy groups -OCH3 is 1. The van der Waals surface area contributed by atoms with Crippen molar-refractivity contribution in [3.8, 4) is 5.75 Å². The molecule has 2 aromatic carbocycles. The zero-order valence-corrected chi connectivity index (χ0v) is 13.7. The van der Waals surface area contributed by atoms with Crippen LogP contribution in [0.5, 0.6) is 5.75 Å². The van der Waals surface area contributed by atoms with Crippen molar-refractivity contribution in [2.75, 3.05) is 7.11 Å². The lowest BCUT2D eigenvalue weighted by molar-refractivity contribution is 0.0977. The number of carbonyl (C=O) groups excluding carboxylic acids is 2. The van der Waals surface area contributed by atoms with Crippen LogP contribution in [0.15, 0.2) is 48.7 Å². The standard InChI is InChI=1S/C21H15NO3/c1-25-17-8-4-7-14-19(17)21(24)15-11-22-10-13-6-3-2-5-12(13)9-16(22)18(15)20(14)23/h2-8,11H,9-10H2,1H3. The highest BCUT2D eigenvalue weighted by Gasteiger charge is 2.37. The van der Waals surface area contributed by atoms with Crippen molar-refractivity contribution in [2.24, 2.45) is 0 Å². The number of ketones is 2. The third-order valence-corrected chi connectivity index (χ3v) is 5.20. The molecule has 0 saturated carbocycles. The average molecular weight is 329 g/mol. The number of aromatic nitrogens is 1. The van der Waals surface area contributed by atoms with Gasteiger partial charge in [-0.05, 0) is 17.2 Å². The number of carbonyl (C=O) groups is 2. The minimum Gasteiger partial charge on any atom is -0.496 e. The fraction of sp³-hybridized carbons (Fsp3) is 0.143. The van der Waals surface area contributed by atoms with E-state index in [1.807, 2.05) is 22.9 Å². The third kappa shape index (κ3) is 1.82. The first-order valence-electron chi connectivity index (χ1n) is 8.24. The van der Waals surface area contributed by atoms with Gasteiger partial charge in [0, 0.05) is 30.4 Å². The molecule has 4 heteroatoms. The summed E-state index contributed by atoms with van der Waals surface area (Å²) in [4.78, 5) is 26.2. The highest BCUT2D eigenvalue weighted by Crippen LogP contribution is 2.37. The summed E-state index contributed by atoms with van der Waals surface area (Å²) >= 11 is 0. The van der Waals surface area contributed by atoms with Gasteiger partial charge in [0.1, 0.15) is 5.75 Å². The van der Waals surface area contributed by atoms with Gasteiger partial charge in [-0.3, -0.25) is 9.59 Å². The molecule has 0 saturated heterocycles. The Hall–Kier alpha value is -3.14. The minimum atomic E-state index is -0.131. The Kier molecular flexibility index (Phi) is 2.80. The molecule has 0 spiro atoms. The summed E-state index contributed by atoms with van der Waals surface area (Å²) in [5, 5.41) is 0. The van der Waals surface area contributed by atoms with Crippen LogP contribution in [0.1, 0.15) is 48.7 Å². The summed E-state index contributed by atoms with van der Waals surface area (Å²) in [5.74, 6) is 0.235. The number of benzene rings is 2. The predicted molar refractivity (Wildman–Crippen MR) is 92.6 cm³/mol. The van der Waals surface area contributed by atoms with E-state index in [0.717, 1.165) is 5.69 Å². The SMILES string of the molecule is COc1cccc2c1C(=O)c1cn3c(c1C2=O)Cc1ccccc1C3. The third-order valence-electron chi connectivity index (χ3n) is 5.20. The first kappa shape index (κ1) is 14.2. The molecule has 0 atom stereocenters. The van der Waals surface area contributed by atoms with Gasteiger partial charge in [-0.2, -0.15) is 0 Å². The van der Waals surface area contributed by atoms with E-state index in [-0.39, 0.29) is 11.6 Å². The molecule has 0 bridgehead atoms. The number of rotatable bonds is 1. The van der Waals surface area contributed by atoms with Gasteiger partial charge in [0.25, 0.3) is 0 Å². The summed E-state index contributed by atoms with van der Waals surface area (Å²) in [6.45, 7) is 0.687. The molecule has 0 radical (unpaired) electrons. The molecule has 0 fully saturated rings. The Morgan fingerprint density at radius 3 is 2.44 bits per heavy atom. The van der Waals surface area contributed by atoms with Crippen LogP contribution in [0.3, 0.4) is 0 Å². The predicted octanol–water partition coefficient (Wildman–Crippen LogP) is 3.22. The number of fused-ring (bicyclic) bond motifs is 5. The summed E-state index contributed by atoms with van der Waals surface area (Å²) < 4.78 is 7.36. The highest BCUT2D eigenvalue weighted by atomic mass is 16.5. The second-order valence-electron chi connectivity index (χ2n) is 6.48. The van der Waals surface area contributed by atoms with E-state index in [2.05, 4.69) is 12.1 Å². The molecule has 2 aliphatic rings. The molecule has 0 amide bonds. The molecule has 0 unspecified atom stereocenters. The van der Waals surface area contributed by atoms with Gasteiger partial charge in [0.15, 0.2) is 11.6 Å². The van der Waals surface area contributed by atoms with Crippen LogP contribution in [0.2, 0.25) is 0 Å².